The molecule has 84 heavy (non-hydrogen) atoms. The first-order valence-electron chi connectivity index (χ1n) is 26.5. The van der Waals surface area contributed by atoms with Gasteiger partial charge in [0.2, 0.25) is 53.2 Å². The van der Waals surface area contributed by atoms with Crippen molar-refractivity contribution in [2.75, 3.05) is 29.9 Å². The van der Waals surface area contributed by atoms with Gasteiger partial charge in [0.25, 0.3) is 0 Å². The summed E-state index contributed by atoms with van der Waals surface area (Å²) < 4.78 is 0. The second-order valence-corrected chi connectivity index (χ2v) is 22.6. The summed E-state index contributed by atoms with van der Waals surface area (Å²) in [6.07, 6.45) is -1.88. The van der Waals surface area contributed by atoms with E-state index < -0.39 is 120 Å². The number of hydrogen-bond acceptors (Lipinski definition) is 17. The van der Waals surface area contributed by atoms with Crippen molar-refractivity contribution in [2.24, 2.45) is 22.9 Å². The molecule has 29 heteroatoms. The number of anilines is 1. The van der Waals surface area contributed by atoms with E-state index in [0.717, 1.165) is 21.6 Å². The first-order chi connectivity index (χ1) is 40.0. The number of phenols is 2. The van der Waals surface area contributed by atoms with E-state index in [1.54, 1.807) is 24.3 Å². The van der Waals surface area contributed by atoms with E-state index >= 15 is 0 Å². The molecular weight excluding hydrogens is 1150 g/mol. The van der Waals surface area contributed by atoms with Crippen molar-refractivity contribution in [3.05, 3.63) is 124 Å². The fraction of sp³-hybridized carbons (Fsp3) is 0.382. The van der Waals surface area contributed by atoms with Crippen LogP contribution in [-0.2, 0) is 68.8 Å². The predicted octanol–water partition coefficient (Wildman–Crippen LogP) is -1.26. The number of carbonyl (C=O) groups is 10. The highest BCUT2D eigenvalue weighted by Crippen LogP contribution is 2.25. The molecule has 11 amide bonds. The van der Waals surface area contributed by atoms with E-state index in [0.29, 0.717) is 39.4 Å². The standard InChI is InChI=1S/C55H70ClN13O13S2/c1-29(70)46-54(81)68-44(52(79)64-39(47(59)74)22-32-9-17-36(71)18-10-32)28-84-83-27-43(67-49(76)40(62-45(73)26-58)23-30-5-13-34(56)14-6-30)53(80)66-42(25-33-11-19-37(72)20-12-33)51(78)65-41(24-31-7-15-35(16-8-31)61-55(60)82)50(77)63-38(48(75)69-46)4-2-3-21-57/h5-20,29,38-44,46,70-72H,2-4,21-28,57-58H2,1H3,(H2,59,74)(H,62,73)(H,63,77)(H,64,79)(H,65,78)(H,66,80)(H,67,76)(H,68,81)(H,69,75)(H3,60,61,82). The Morgan fingerprint density at radius 2 is 1.12 bits per heavy atom. The van der Waals surface area contributed by atoms with E-state index in [2.05, 4.69) is 47.9 Å². The van der Waals surface area contributed by atoms with Crippen molar-refractivity contribution in [3.8, 4) is 11.5 Å². The molecule has 0 spiro atoms. The van der Waals surface area contributed by atoms with Crippen LogP contribution in [0.15, 0.2) is 97.1 Å². The van der Waals surface area contributed by atoms with E-state index in [4.69, 9.17) is 34.5 Å². The largest absolute Gasteiger partial charge is 0.508 e. The number of aliphatic hydroxyl groups is 1. The predicted molar refractivity (Wildman–Crippen MR) is 315 cm³/mol. The third-order valence-corrected chi connectivity index (χ3v) is 15.7. The summed E-state index contributed by atoms with van der Waals surface area (Å²) in [6, 6.07) is 10.7. The molecule has 0 aliphatic carbocycles. The summed E-state index contributed by atoms with van der Waals surface area (Å²) in [6.45, 7) is 0.878. The fourth-order valence-electron chi connectivity index (χ4n) is 8.44. The molecule has 20 N–H and O–H groups in total. The van der Waals surface area contributed by atoms with Crippen LogP contribution in [0.4, 0.5) is 10.5 Å². The first-order valence-corrected chi connectivity index (χ1v) is 29.4. The zero-order chi connectivity index (χ0) is 61.5. The Balaban J connectivity index is 1.61. The number of aromatic hydroxyl groups is 2. The Kier molecular flexibility index (Phi) is 26.4. The van der Waals surface area contributed by atoms with Crippen LogP contribution < -0.4 is 70.8 Å². The number of hydrogen-bond donors (Lipinski definition) is 16. The van der Waals surface area contributed by atoms with Gasteiger partial charge in [-0.2, -0.15) is 0 Å². The van der Waals surface area contributed by atoms with E-state index in [1.165, 1.54) is 79.7 Å². The van der Waals surface area contributed by atoms with Gasteiger partial charge in [0.15, 0.2) is 0 Å². The molecule has 1 fully saturated rings. The van der Waals surface area contributed by atoms with Crippen LogP contribution in [0, 0.1) is 0 Å². The number of phenolic OH excluding ortho intramolecular Hbond substituents is 2. The smallest absolute Gasteiger partial charge is 0.316 e. The number of benzene rings is 4. The summed E-state index contributed by atoms with van der Waals surface area (Å²) >= 11 is 6.12. The van der Waals surface area contributed by atoms with Crippen LogP contribution in [0.25, 0.3) is 0 Å². The van der Waals surface area contributed by atoms with Gasteiger partial charge in [-0.15, -0.1) is 0 Å². The highest BCUT2D eigenvalue weighted by Gasteiger charge is 2.37. The molecule has 1 saturated heterocycles. The number of nitrogens with two attached hydrogens (primary N) is 4. The van der Waals surface area contributed by atoms with Crippen LogP contribution >= 0.6 is 33.2 Å². The van der Waals surface area contributed by atoms with Gasteiger partial charge in [-0.05, 0) is 104 Å². The summed E-state index contributed by atoms with van der Waals surface area (Å²) in [5.41, 5.74) is 24.6. The highest BCUT2D eigenvalue weighted by atomic mass is 35.5. The number of urea groups is 1. The second-order valence-electron chi connectivity index (χ2n) is 19.6. The van der Waals surface area contributed by atoms with Gasteiger partial charge < -0.3 is 86.1 Å². The van der Waals surface area contributed by atoms with Gasteiger partial charge in [-0.1, -0.05) is 81.7 Å². The Morgan fingerprint density at radius 1 is 0.619 bits per heavy atom. The molecule has 26 nitrogen and oxygen atoms in total. The minimum absolute atomic E-state index is 0.0677. The Morgan fingerprint density at radius 3 is 1.65 bits per heavy atom. The van der Waals surface area contributed by atoms with E-state index in [-0.39, 0.29) is 68.1 Å². The maximum Gasteiger partial charge on any atom is 0.316 e. The van der Waals surface area contributed by atoms with E-state index in [1.807, 2.05) is 0 Å². The molecule has 4 aromatic carbocycles. The number of unbranched alkanes of at least 4 members (excludes halogenated alkanes) is 1. The fourth-order valence-corrected chi connectivity index (χ4v) is 10.9. The van der Waals surface area contributed by atoms with Crippen LogP contribution in [0.3, 0.4) is 0 Å². The summed E-state index contributed by atoms with van der Waals surface area (Å²) in [5.74, 6) is -9.28. The van der Waals surface area contributed by atoms with E-state index in [9.17, 15) is 63.3 Å². The average molecular weight is 1220 g/mol. The third kappa shape index (κ3) is 21.9. The zero-order valence-corrected chi connectivity index (χ0v) is 48.0. The third-order valence-electron chi connectivity index (χ3n) is 13.0. The van der Waals surface area contributed by atoms with Crippen LogP contribution in [0.5, 0.6) is 11.5 Å². The van der Waals surface area contributed by atoms with Gasteiger partial charge >= 0.3 is 6.03 Å². The van der Waals surface area contributed by atoms with Gasteiger partial charge in [0.05, 0.1) is 12.6 Å². The maximum atomic E-state index is 14.9. The second kappa shape index (κ2) is 33.2. The molecule has 5 rings (SSSR count). The molecule has 1 aliphatic rings. The minimum Gasteiger partial charge on any atom is -0.508 e. The molecule has 4 aromatic rings. The summed E-state index contributed by atoms with van der Waals surface area (Å²) in [7, 11) is 1.81. The van der Waals surface area contributed by atoms with Crippen molar-refractivity contribution >= 4 is 98.1 Å². The molecule has 452 valence electrons. The lowest BCUT2D eigenvalue weighted by atomic mass is 10.0. The topological polar surface area (TPSA) is 444 Å². The van der Waals surface area contributed by atoms with Crippen LogP contribution in [0.2, 0.25) is 5.02 Å². The van der Waals surface area contributed by atoms with Crippen molar-refractivity contribution in [3.63, 3.8) is 0 Å². The van der Waals surface area contributed by atoms with Crippen molar-refractivity contribution < 1.29 is 63.3 Å². The van der Waals surface area contributed by atoms with Gasteiger partial charge in [-0.25, -0.2) is 4.79 Å². The SMILES string of the molecule is CC(O)C1NC(=O)C(CCCCN)NC(=O)C(Cc2ccc(NC(N)=O)cc2)NC(=O)C(Cc2ccc(O)cc2)NC(=O)C(NC(=O)C(Cc2ccc(Cl)cc2)NC(=O)CN)CSSCC(C(=O)NC(Cc2ccc(O)cc2)C(N)=O)NC1=O. The minimum atomic E-state index is -1.79. The molecule has 1 aliphatic heterocycles. The normalized spacial score (nSPS) is 20.4. The number of primary amides is 2. The monoisotopic (exact) mass is 1220 g/mol. The number of nitrogens with one attached hydrogen (secondary N) is 9. The molecule has 1 heterocycles. The van der Waals surface area contributed by atoms with Crippen molar-refractivity contribution in [1.29, 1.82) is 0 Å². The van der Waals surface area contributed by atoms with Crippen molar-refractivity contribution in [1.82, 2.24) is 42.5 Å². The number of amides is 11. The van der Waals surface area contributed by atoms with Gasteiger partial charge in [-0.3, -0.25) is 43.2 Å². The molecule has 9 atom stereocenters. The highest BCUT2D eigenvalue weighted by molar-refractivity contribution is 8.76. The lowest BCUT2D eigenvalue weighted by molar-refractivity contribution is -0.136. The number of aliphatic hydroxyl groups excluding tert-OH is 1. The molecule has 0 radical (unpaired) electrons. The molecule has 0 aromatic heterocycles. The number of carbonyl (C=O) groups excluding carboxylic acids is 10. The van der Waals surface area contributed by atoms with Crippen molar-refractivity contribution in [2.45, 2.75) is 106 Å². The number of rotatable bonds is 21. The summed E-state index contributed by atoms with van der Waals surface area (Å²) in [5, 5.41) is 54.7. The van der Waals surface area contributed by atoms with Crippen LogP contribution in [0.1, 0.15) is 48.4 Å². The summed E-state index contributed by atoms with van der Waals surface area (Å²) in [4.78, 5) is 139. The lowest BCUT2D eigenvalue weighted by Gasteiger charge is -2.29. The Bertz CT molecular complexity index is 2930. The Labute approximate surface area is 496 Å². The average Bonchev–Trinajstić information content (AvgIpc) is 3.59. The quantitative estimate of drug-likeness (QED) is 0.0342. The lowest BCUT2D eigenvalue weighted by Crippen LogP contribution is -2.62. The van der Waals surface area contributed by atoms with Crippen LogP contribution in [-0.4, -0.2) is 154 Å². The molecule has 0 bridgehead atoms. The van der Waals surface area contributed by atoms with Gasteiger partial charge in [0, 0.05) is 47.9 Å². The Hall–Kier alpha value is -8.15. The molecule has 9 unspecified atom stereocenters. The molecular formula is C55H70ClN13O13S2. The first kappa shape index (κ1) is 66.6. The molecule has 0 saturated carbocycles. The zero-order valence-electron chi connectivity index (χ0n) is 45.6. The maximum absolute atomic E-state index is 14.9. The van der Waals surface area contributed by atoms with Gasteiger partial charge in [0.1, 0.15) is 59.8 Å². The number of halogens is 1.